The molecule has 3 rings (SSSR count). The summed E-state index contributed by atoms with van der Waals surface area (Å²) < 4.78 is 10.0. The molecule has 33 heavy (non-hydrogen) atoms. The Morgan fingerprint density at radius 3 is 2.58 bits per heavy atom. The average molecular weight is 454 g/mol. The summed E-state index contributed by atoms with van der Waals surface area (Å²) in [4.78, 5) is 39.1. The zero-order valence-electron chi connectivity index (χ0n) is 19.1. The maximum absolute atomic E-state index is 12.7. The van der Waals surface area contributed by atoms with Crippen LogP contribution in [0.15, 0.2) is 48.5 Å². The second-order valence-corrected chi connectivity index (χ2v) is 7.97. The first-order valence-corrected chi connectivity index (χ1v) is 11.1. The number of benzene rings is 2. The number of carbonyl (C=O) groups excluding carboxylic acids is 3. The molecule has 0 aliphatic carbocycles. The van der Waals surface area contributed by atoms with E-state index in [9.17, 15) is 14.4 Å². The van der Waals surface area contributed by atoms with Gasteiger partial charge in [0.15, 0.2) is 0 Å². The SMILES string of the molecule is COC(=O)c1cc(CNC(=O)NC(CN2CCCCCC2=O)c2ccccc2)ccc1OC. The first-order valence-electron chi connectivity index (χ1n) is 11.1. The predicted octanol–water partition coefficient (Wildman–Crippen LogP) is 3.42. The van der Waals surface area contributed by atoms with E-state index in [2.05, 4.69) is 10.6 Å². The van der Waals surface area contributed by atoms with Gasteiger partial charge in [-0.25, -0.2) is 9.59 Å². The van der Waals surface area contributed by atoms with E-state index in [1.807, 2.05) is 35.2 Å². The van der Waals surface area contributed by atoms with Gasteiger partial charge in [-0.3, -0.25) is 4.79 Å². The van der Waals surface area contributed by atoms with Crippen LogP contribution in [-0.4, -0.2) is 50.1 Å². The first kappa shape index (κ1) is 24.1. The van der Waals surface area contributed by atoms with Gasteiger partial charge in [-0.15, -0.1) is 0 Å². The van der Waals surface area contributed by atoms with Crippen LogP contribution in [0.2, 0.25) is 0 Å². The Hall–Kier alpha value is -3.55. The Balaban J connectivity index is 1.67. The third kappa shape index (κ3) is 6.71. The summed E-state index contributed by atoms with van der Waals surface area (Å²) in [7, 11) is 2.78. The van der Waals surface area contributed by atoms with Crippen LogP contribution in [0.25, 0.3) is 0 Å². The molecule has 1 saturated heterocycles. The van der Waals surface area contributed by atoms with Gasteiger partial charge < -0.3 is 25.0 Å². The standard InChI is InChI=1S/C25H31N3O5/c1-32-22-13-12-18(15-20(22)24(30)33-2)16-26-25(31)27-21(19-9-5-3-6-10-19)17-28-14-8-4-7-11-23(28)29/h3,5-6,9-10,12-13,15,21H,4,7-8,11,14,16-17H2,1-2H3,(H2,26,27,31). The van der Waals surface area contributed by atoms with Crippen LogP contribution < -0.4 is 15.4 Å². The number of amides is 3. The number of nitrogens with one attached hydrogen (secondary N) is 2. The second kappa shape index (κ2) is 11.9. The molecule has 1 fully saturated rings. The van der Waals surface area contributed by atoms with Crippen molar-refractivity contribution in [3.8, 4) is 5.75 Å². The molecule has 1 aliphatic heterocycles. The van der Waals surface area contributed by atoms with Gasteiger partial charge in [0.2, 0.25) is 5.91 Å². The fourth-order valence-electron chi connectivity index (χ4n) is 3.90. The molecule has 1 aliphatic rings. The van der Waals surface area contributed by atoms with Gasteiger partial charge in [0.1, 0.15) is 11.3 Å². The van der Waals surface area contributed by atoms with Crippen LogP contribution in [0.1, 0.15) is 53.2 Å². The number of hydrogen-bond donors (Lipinski definition) is 2. The highest BCUT2D eigenvalue weighted by Gasteiger charge is 2.23. The van der Waals surface area contributed by atoms with Gasteiger partial charge >= 0.3 is 12.0 Å². The minimum absolute atomic E-state index is 0.129. The van der Waals surface area contributed by atoms with Crippen molar-refractivity contribution in [2.24, 2.45) is 0 Å². The Bertz CT molecular complexity index is 964. The highest BCUT2D eigenvalue weighted by Crippen LogP contribution is 2.21. The van der Waals surface area contributed by atoms with E-state index < -0.39 is 5.97 Å². The summed E-state index contributed by atoms with van der Waals surface area (Å²) in [6.07, 6.45) is 3.48. The maximum atomic E-state index is 12.7. The van der Waals surface area contributed by atoms with E-state index >= 15 is 0 Å². The van der Waals surface area contributed by atoms with E-state index in [0.29, 0.717) is 30.8 Å². The Labute approximate surface area is 194 Å². The van der Waals surface area contributed by atoms with Gasteiger partial charge in [0, 0.05) is 26.1 Å². The van der Waals surface area contributed by atoms with Gasteiger partial charge in [-0.05, 0) is 36.1 Å². The van der Waals surface area contributed by atoms with Crippen molar-refractivity contribution in [1.82, 2.24) is 15.5 Å². The molecule has 0 radical (unpaired) electrons. The molecule has 2 aromatic rings. The number of likely N-dealkylation sites (tertiary alicyclic amines) is 1. The summed E-state index contributed by atoms with van der Waals surface area (Å²) in [5, 5.41) is 5.84. The van der Waals surface area contributed by atoms with E-state index in [0.717, 1.165) is 30.4 Å². The van der Waals surface area contributed by atoms with Gasteiger partial charge in [-0.2, -0.15) is 0 Å². The molecule has 0 aromatic heterocycles. The minimum Gasteiger partial charge on any atom is -0.496 e. The van der Waals surface area contributed by atoms with Crippen molar-refractivity contribution in [2.75, 3.05) is 27.3 Å². The number of nitrogens with zero attached hydrogens (tertiary/aromatic N) is 1. The Kier molecular flexibility index (Phi) is 8.69. The van der Waals surface area contributed by atoms with Crippen LogP contribution in [0.5, 0.6) is 5.75 Å². The Morgan fingerprint density at radius 2 is 1.85 bits per heavy atom. The molecule has 1 atom stereocenters. The van der Waals surface area contributed by atoms with Crippen molar-refractivity contribution in [2.45, 2.75) is 38.3 Å². The monoisotopic (exact) mass is 453 g/mol. The third-order valence-electron chi connectivity index (χ3n) is 5.70. The molecule has 1 unspecified atom stereocenters. The number of urea groups is 1. The molecule has 1 heterocycles. The zero-order chi connectivity index (χ0) is 23.6. The topological polar surface area (TPSA) is 97.0 Å². The smallest absolute Gasteiger partial charge is 0.341 e. The lowest BCUT2D eigenvalue weighted by molar-refractivity contribution is -0.131. The number of ether oxygens (including phenoxy) is 2. The Morgan fingerprint density at radius 1 is 1.06 bits per heavy atom. The molecule has 176 valence electrons. The van der Waals surface area contributed by atoms with Crippen LogP contribution in [0, 0.1) is 0 Å². The van der Waals surface area contributed by atoms with Crippen LogP contribution in [0.3, 0.4) is 0 Å². The molecule has 2 aromatic carbocycles. The average Bonchev–Trinajstić information content (AvgIpc) is 3.06. The quantitative estimate of drug-likeness (QED) is 0.597. The highest BCUT2D eigenvalue weighted by molar-refractivity contribution is 5.92. The number of rotatable bonds is 8. The first-order chi connectivity index (χ1) is 16.0. The second-order valence-electron chi connectivity index (χ2n) is 7.97. The summed E-state index contributed by atoms with van der Waals surface area (Å²) in [5.74, 6) is 0.0231. The molecule has 0 saturated carbocycles. The number of esters is 1. The largest absolute Gasteiger partial charge is 0.496 e. The molecular weight excluding hydrogens is 422 g/mol. The molecule has 8 nitrogen and oxygen atoms in total. The number of methoxy groups -OCH3 is 2. The van der Waals surface area contributed by atoms with Crippen LogP contribution in [-0.2, 0) is 16.1 Å². The van der Waals surface area contributed by atoms with Crippen LogP contribution >= 0.6 is 0 Å². The number of hydrogen-bond acceptors (Lipinski definition) is 5. The summed E-state index contributed by atoms with van der Waals surface area (Å²) >= 11 is 0. The predicted molar refractivity (Wildman–Crippen MR) is 124 cm³/mol. The molecular formula is C25H31N3O5. The van der Waals surface area contributed by atoms with Crippen molar-refractivity contribution in [1.29, 1.82) is 0 Å². The third-order valence-corrected chi connectivity index (χ3v) is 5.70. The molecule has 8 heteroatoms. The minimum atomic E-state index is -0.510. The highest BCUT2D eigenvalue weighted by atomic mass is 16.5. The normalized spacial score (nSPS) is 14.7. The van der Waals surface area contributed by atoms with E-state index in [1.54, 1.807) is 18.2 Å². The molecule has 0 bridgehead atoms. The van der Waals surface area contributed by atoms with E-state index in [1.165, 1.54) is 14.2 Å². The van der Waals surface area contributed by atoms with Crippen molar-refractivity contribution < 1.29 is 23.9 Å². The summed E-state index contributed by atoms with van der Waals surface area (Å²) in [6.45, 7) is 1.34. The van der Waals surface area contributed by atoms with Crippen molar-refractivity contribution in [3.05, 3.63) is 65.2 Å². The summed E-state index contributed by atoms with van der Waals surface area (Å²) in [5.41, 5.74) is 1.95. The molecule has 0 spiro atoms. The van der Waals surface area contributed by atoms with Gasteiger partial charge in [-0.1, -0.05) is 42.8 Å². The zero-order valence-corrected chi connectivity index (χ0v) is 19.1. The molecule has 3 amide bonds. The lowest BCUT2D eigenvalue weighted by Gasteiger charge is -2.28. The fourth-order valence-corrected chi connectivity index (χ4v) is 3.90. The maximum Gasteiger partial charge on any atom is 0.341 e. The van der Waals surface area contributed by atoms with Gasteiger partial charge in [0.25, 0.3) is 0 Å². The lowest BCUT2D eigenvalue weighted by atomic mass is 10.1. The molecule has 2 N–H and O–H groups in total. The number of carbonyl (C=O) groups is 3. The van der Waals surface area contributed by atoms with Gasteiger partial charge in [0.05, 0.1) is 20.3 Å². The summed E-state index contributed by atoms with van der Waals surface area (Å²) in [6, 6.07) is 14.0. The van der Waals surface area contributed by atoms with Crippen molar-refractivity contribution in [3.63, 3.8) is 0 Å². The lowest BCUT2D eigenvalue weighted by Crippen LogP contribution is -2.44. The van der Waals surface area contributed by atoms with E-state index in [-0.39, 0.29) is 24.5 Å². The fraction of sp³-hybridized carbons (Fsp3) is 0.400. The van der Waals surface area contributed by atoms with E-state index in [4.69, 9.17) is 9.47 Å². The van der Waals surface area contributed by atoms with Crippen molar-refractivity contribution >= 4 is 17.9 Å². The van der Waals surface area contributed by atoms with Crippen LogP contribution in [0.4, 0.5) is 4.79 Å².